The average Bonchev–Trinajstić information content (AvgIpc) is 2.55. The lowest BCUT2D eigenvalue weighted by atomic mass is 9.94. The van der Waals surface area contributed by atoms with Crippen LogP contribution in [-0.2, 0) is 4.57 Å². The molecule has 3 N–H and O–H groups in total. The number of allylic oxidation sites excluding steroid dienone is 8. The normalized spacial score (nSPS) is 15.5. The molecule has 0 saturated carbocycles. The van der Waals surface area contributed by atoms with Crippen molar-refractivity contribution in [2.24, 2.45) is 5.92 Å². The number of aromatic hydroxyl groups is 2. The van der Waals surface area contributed by atoms with Gasteiger partial charge in [0.15, 0.2) is 0 Å². The van der Waals surface area contributed by atoms with Gasteiger partial charge in [-0.1, -0.05) is 48.6 Å². The van der Waals surface area contributed by atoms with Crippen LogP contribution in [0.15, 0.2) is 78.2 Å². The molecule has 1 aromatic rings. The van der Waals surface area contributed by atoms with Crippen LogP contribution in [0.3, 0.4) is 0 Å². The second-order valence-electron chi connectivity index (χ2n) is 5.74. The summed E-state index contributed by atoms with van der Waals surface area (Å²) in [6, 6.07) is 3.55. The number of phenols is 2. The summed E-state index contributed by atoms with van der Waals surface area (Å²) in [6.07, 6.45) is 10.8. The molecule has 5 heteroatoms. The summed E-state index contributed by atoms with van der Waals surface area (Å²) in [5.41, 5.74) is 2.08. The van der Waals surface area contributed by atoms with E-state index in [4.69, 9.17) is 0 Å². The van der Waals surface area contributed by atoms with Crippen molar-refractivity contribution in [1.82, 2.24) is 0 Å². The average molecular weight is 360 g/mol. The van der Waals surface area contributed by atoms with E-state index in [1.165, 1.54) is 17.9 Å². The van der Waals surface area contributed by atoms with Gasteiger partial charge in [0.25, 0.3) is 7.37 Å². The summed E-state index contributed by atoms with van der Waals surface area (Å²) in [6.45, 7) is 9.50. The summed E-state index contributed by atoms with van der Waals surface area (Å²) >= 11 is 0. The second kappa shape index (κ2) is 9.26. The first-order valence-corrected chi connectivity index (χ1v) is 9.59. The summed E-state index contributed by atoms with van der Waals surface area (Å²) in [5, 5.41) is 19.2. The van der Waals surface area contributed by atoms with Gasteiger partial charge in [-0.3, -0.25) is 4.57 Å². The first-order valence-electron chi connectivity index (χ1n) is 7.86. The molecule has 0 fully saturated rings. The predicted molar refractivity (Wildman–Crippen MR) is 104 cm³/mol. The smallest absolute Gasteiger partial charge is 0.255 e. The van der Waals surface area contributed by atoms with Crippen LogP contribution in [-0.4, -0.2) is 15.1 Å². The van der Waals surface area contributed by atoms with Gasteiger partial charge in [0.05, 0.1) is 5.30 Å². The highest BCUT2D eigenvalue weighted by molar-refractivity contribution is 7.69. The van der Waals surface area contributed by atoms with Crippen molar-refractivity contribution in [1.29, 1.82) is 0 Å². The van der Waals surface area contributed by atoms with E-state index >= 15 is 0 Å². The van der Waals surface area contributed by atoms with Crippen molar-refractivity contribution in [3.63, 3.8) is 0 Å². The molecule has 0 saturated heterocycles. The van der Waals surface area contributed by atoms with Crippen molar-refractivity contribution in [3.05, 3.63) is 78.2 Å². The zero-order valence-electron chi connectivity index (χ0n) is 14.8. The van der Waals surface area contributed by atoms with Crippen LogP contribution in [0.5, 0.6) is 11.5 Å². The van der Waals surface area contributed by atoms with Gasteiger partial charge in [-0.15, -0.1) is 0 Å². The number of phenolic OH excluding ortho intramolecular Hbond substituents is 2. The summed E-state index contributed by atoms with van der Waals surface area (Å²) < 4.78 is 12.6. The molecule has 0 heterocycles. The van der Waals surface area contributed by atoms with Gasteiger partial charge >= 0.3 is 0 Å². The van der Waals surface area contributed by atoms with Crippen LogP contribution in [0.4, 0.5) is 0 Å². The zero-order chi connectivity index (χ0) is 19.0. The van der Waals surface area contributed by atoms with Gasteiger partial charge in [0, 0.05) is 11.7 Å². The SMILES string of the molecule is C=C/C=C\C(/C=C\P(=O)(O)c1cc(O)ccc1O)C(C=CC)=C(C)C. The molecular formula is C20H25O4P. The van der Waals surface area contributed by atoms with Crippen LogP contribution >= 0.6 is 7.37 Å². The Bertz CT molecular complexity index is 781. The highest BCUT2D eigenvalue weighted by Crippen LogP contribution is 2.45. The maximum absolute atomic E-state index is 12.6. The number of rotatable bonds is 7. The van der Waals surface area contributed by atoms with Gasteiger partial charge in [0.1, 0.15) is 11.5 Å². The van der Waals surface area contributed by atoms with Crippen LogP contribution in [0.1, 0.15) is 20.8 Å². The largest absolute Gasteiger partial charge is 0.508 e. The molecular weight excluding hydrogens is 335 g/mol. The maximum atomic E-state index is 12.6. The zero-order valence-corrected chi connectivity index (χ0v) is 15.6. The van der Waals surface area contributed by atoms with E-state index in [0.717, 1.165) is 17.2 Å². The summed E-state index contributed by atoms with van der Waals surface area (Å²) in [5.74, 6) is 0.449. The Kier molecular flexibility index (Phi) is 7.69. The Labute approximate surface area is 149 Å². The monoisotopic (exact) mass is 360 g/mol. The molecule has 0 radical (unpaired) electrons. The van der Waals surface area contributed by atoms with Crippen molar-refractivity contribution in [2.75, 3.05) is 0 Å². The van der Waals surface area contributed by atoms with Gasteiger partial charge in [-0.2, -0.15) is 0 Å². The van der Waals surface area contributed by atoms with Crippen LogP contribution in [0.25, 0.3) is 0 Å². The van der Waals surface area contributed by atoms with E-state index < -0.39 is 7.37 Å². The topological polar surface area (TPSA) is 77.8 Å². The lowest BCUT2D eigenvalue weighted by Gasteiger charge is -2.14. The van der Waals surface area contributed by atoms with Crippen molar-refractivity contribution in [3.8, 4) is 11.5 Å². The van der Waals surface area contributed by atoms with E-state index in [2.05, 4.69) is 6.58 Å². The van der Waals surface area contributed by atoms with Gasteiger partial charge < -0.3 is 15.1 Å². The van der Waals surface area contributed by atoms with E-state index in [-0.39, 0.29) is 22.7 Å². The number of benzene rings is 1. The summed E-state index contributed by atoms with van der Waals surface area (Å²) in [4.78, 5) is 10.3. The minimum atomic E-state index is -3.98. The molecule has 0 aliphatic heterocycles. The lowest BCUT2D eigenvalue weighted by molar-refractivity contribution is 0.459. The molecule has 0 aromatic heterocycles. The third kappa shape index (κ3) is 5.93. The molecule has 0 aliphatic rings. The molecule has 1 rings (SSSR count). The van der Waals surface area contributed by atoms with Crippen LogP contribution in [0.2, 0.25) is 0 Å². The Morgan fingerprint density at radius 1 is 1.24 bits per heavy atom. The van der Waals surface area contributed by atoms with Gasteiger partial charge in [-0.25, -0.2) is 0 Å². The van der Waals surface area contributed by atoms with E-state index in [9.17, 15) is 19.7 Å². The first-order chi connectivity index (χ1) is 11.7. The standard InChI is InChI=1S/C20H25O4P/c1-5-7-9-16(18(8-6-2)15(3)4)12-13-25(23,24)20-14-17(21)10-11-19(20)22/h5-14,16,21-22H,1H2,2-4H3,(H,23,24)/b8-6?,9-7-,13-12-. The minimum absolute atomic E-state index is 0.183. The molecule has 134 valence electrons. The molecule has 0 aliphatic carbocycles. The van der Waals surface area contributed by atoms with Crippen LogP contribution in [0, 0.1) is 5.92 Å². The van der Waals surface area contributed by atoms with Gasteiger partial charge in [0.2, 0.25) is 0 Å². The molecule has 0 amide bonds. The Hall–Kier alpha value is -2.29. The summed E-state index contributed by atoms with van der Waals surface area (Å²) in [7, 11) is -3.98. The van der Waals surface area contributed by atoms with Crippen molar-refractivity contribution >= 4 is 12.7 Å². The Morgan fingerprint density at radius 3 is 2.48 bits per heavy atom. The molecule has 0 spiro atoms. The number of hydrogen-bond acceptors (Lipinski definition) is 3. The third-order valence-electron chi connectivity index (χ3n) is 3.54. The highest BCUT2D eigenvalue weighted by atomic mass is 31.2. The maximum Gasteiger partial charge on any atom is 0.255 e. The quantitative estimate of drug-likeness (QED) is 0.372. The Morgan fingerprint density at radius 2 is 1.92 bits per heavy atom. The van der Waals surface area contributed by atoms with E-state index in [1.807, 2.05) is 39.0 Å². The molecule has 2 atom stereocenters. The first kappa shape index (κ1) is 20.8. The molecule has 4 nitrogen and oxygen atoms in total. The van der Waals surface area contributed by atoms with Crippen molar-refractivity contribution < 1.29 is 19.7 Å². The lowest BCUT2D eigenvalue weighted by Crippen LogP contribution is -2.04. The molecule has 2 unspecified atom stereocenters. The fourth-order valence-electron chi connectivity index (χ4n) is 2.32. The fourth-order valence-corrected chi connectivity index (χ4v) is 3.62. The van der Waals surface area contributed by atoms with Crippen molar-refractivity contribution in [2.45, 2.75) is 20.8 Å². The second-order valence-corrected chi connectivity index (χ2v) is 7.76. The minimum Gasteiger partial charge on any atom is -0.508 e. The highest BCUT2D eigenvalue weighted by Gasteiger charge is 2.23. The molecule has 0 bridgehead atoms. The van der Waals surface area contributed by atoms with E-state index in [0.29, 0.717) is 0 Å². The van der Waals surface area contributed by atoms with Crippen LogP contribution < -0.4 is 5.30 Å². The predicted octanol–water partition coefficient (Wildman–Crippen LogP) is 4.78. The third-order valence-corrected chi connectivity index (χ3v) is 5.16. The van der Waals surface area contributed by atoms with E-state index in [1.54, 1.807) is 18.2 Å². The number of hydrogen-bond donors (Lipinski definition) is 3. The molecule has 1 aromatic carbocycles. The van der Waals surface area contributed by atoms with Gasteiger partial charge in [-0.05, 0) is 44.5 Å². The fraction of sp³-hybridized carbons (Fsp3) is 0.200. The molecule has 25 heavy (non-hydrogen) atoms. The Balaban J connectivity index is 3.33.